The summed E-state index contributed by atoms with van der Waals surface area (Å²) >= 11 is 3.42. The van der Waals surface area contributed by atoms with Crippen LogP contribution in [0.1, 0.15) is 40.6 Å². The second-order valence-corrected chi connectivity index (χ2v) is 8.50. The highest BCUT2D eigenvalue weighted by atomic mass is 79.9. The molecule has 2 aliphatic heterocycles. The van der Waals surface area contributed by atoms with Crippen molar-refractivity contribution in [3.63, 3.8) is 0 Å². The van der Waals surface area contributed by atoms with Gasteiger partial charge in [-0.1, -0.05) is 28.1 Å². The van der Waals surface area contributed by atoms with E-state index in [4.69, 9.17) is 13.9 Å². The fraction of sp³-hybridized carbons (Fsp3) is 0.304. The number of rotatable bonds is 4. The SMILES string of the molecule is COc1cccc([C@H]2c3c(oc4ccc(Br)cc4c3=O)C(=O)N2C[C@@H]2CCCO2)c1. The quantitative estimate of drug-likeness (QED) is 0.569. The molecule has 0 spiro atoms. The zero-order valence-corrected chi connectivity index (χ0v) is 18.0. The molecule has 2 aliphatic rings. The third-order valence-corrected chi connectivity index (χ3v) is 6.25. The lowest BCUT2D eigenvalue weighted by molar-refractivity contribution is 0.0486. The van der Waals surface area contributed by atoms with Gasteiger partial charge in [-0.25, -0.2) is 0 Å². The predicted molar refractivity (Wildman–Crippen MR) is 115 cm³/mol. The summed E-state index contributed by atoms with van der Waals surface area (Å²) in [4.78, 5) is 28.6. The van der Waals surface area contributed by atoms with E-state index in [1.165, 1.54) is 0 Å². The topological polar surface area (TPSA) is 69.0 Å². The molecule has 5 rings (SSSR count). The predicted octanol–water partition coefficient (Wildman–Crippen LogP) is 4.29. The largest absolute Gasteiger partial charge is 0.497 e. The molecule has 30 heavy (non-hydrogen) atoms. The summed E-state index contributed by atoms with van der Waals surface area (Å²) < 4.78 is 17.9. The van der Waals surface area contributed by atoms with E-state index in [0.717, 1.165) is 22.9 Å². The van der Waals surface area contributed by atoms with Crippen LogP contribution in [0.5, 0.6) is 5.75 Å². The van der Waals surface area contributed by atoms with Crippen molar-refractivity contribution in [2.24, 2.45) is 0 Å². The Morgan fingerprint density at radius 3 is 2.83 bits per heavy atom. The van der Waals surface area contributed by atoms with Gasteiger partial charge in [0, 0.05) is 17.6 Å². The van der Waals surface area contributed by atoms with Crippen molar-refractivity contribution in [1.82, 2.24) is 4.90 Å². The van der Waals surface area contributed by atoms with Crippen LogP contribution in [0.2, 0.25) is 0 Å². The average Bonchev–Trinajstić information content (AvgIpc) is 3.36. The molecule has 0 unspecified atom stereocenters. The summed E-state index contributed by atoms with van der Waals surface area (Å²) in [6, 6.07) is 12.1. The minimum atomic E-state index is -0.550. The number of ether oxygens (including phenoxy) is 2. The van der Waals surface area contributed by atoms with E-state index in [2.05, 4.69) is 15.9 Å². The normalized spacial score (nSPS) is 20.7. The van der Waals surface area contributed by atoms with Gasteiger partial charge in [0.15, 0.2) is 5.43 Å². The van der Waals surface area contributed by atoms with Crippen LogP contribution in [0.3, 0.4) is 0 Å². The molecule has 3 heterocycles. The molecule has 1 saturated heterocycles. The zero-order valence-electron chi connectivity index (χ0n) is 16.4. The molecular weight excluding hydrogens is 450 g/mol. The molecule has 0 aliphatic carbocycles. The van der Waals surface area contributed by atoms with E-state index in [1.54, 1.807) is 30.2 Å². The summed E-state index contributed by atoms with van der Waals surface area (Å²) in [5.41, 5.74) is 1.39. The molecule has 2 aromatic carbocycles. The Morgan fingerprint density at radius 2 is 2.07 bits per heavy atom. The third kappa shape index (κ3) is 3.13. The van der Waals surface area contributed by atoms with Crippen LogP contribution in [0.15, 0.2) is 56.1 Å². The van der Waals surface area contributed by atoms with Gasteiger partial charge in [-0.3, -0.25) is 9.59 Å². The van der Waals surface area contributed by atoms with Crippen LogP contribution >= 0.6 is 15.9 Å². The van der Waals surface area contributed by atoms with Crippen LogP contribution in [0.25, 0.3) is 11.0 Å². The Balaban J connectivity index is 1.71. The number of benzene rings is 2. The van der Waals surface area contributed by atoms with Gasteiger partial charge in [-0.05, 0) is 48.7 Å². The second kappa shape index (κ2) is 7.56. The molecule has 1 aromatic heterocycles. The molecule has 7 heteroatoms. The summed E-state index contributed by atoms with van der Waals surface area (Å²) in [5.74, 6) is 0.495. The maximum Gasteiger partial charge on any atom is 0.291 e. The number of hydrogen-bond acceptors (Lipinski definition) is 5. The molecule has 0 saturated carbocycles. The fourth-order valence-corrected chi connectivity index (χ4v) is 4.71. The lowest BCUT2D eigenvalue weighted by atomic mass is 9.98. The lowest BCUT2D eigenvalue weighted by Crippen LogP contribution is -2.36. The van der Waals surface area contributed by atoms with Gasteiger partial charge in [-0.2, -0.15) is 0 Å². The summed E-state index contributed by atoms with van der Waals surface area (Å²) in [6.45, 7) is 1.10. The summed E-state index contributed by atoms with van der Waals surface area (Å²) in [7, 11) is 1.59. The smallest absolute Gasteiger partial charge is 0.291 e. The zero-order chi connectivity index (χ0) is 20.8. The number of nitrogens with zero attached hydrogens (tertiary/aromatic N) is 1. The first-order chi connectivity index (χ1) is 14.6. The molecule has 6 nitrogen and oxygen atoms in total. The number of amides is 1. The van der Waals surface area contributed by atoms with Crippen molar-refractivity contribution in [1.29, 1.82) is 0 Å². The highest BCUT2D eigenvalue weighted by molar-refractivity contribution is 9.10. The molecule has 2 atom stereocenters. The fourth-order valence-electron chi connectivity index (χ4n) is 4.35. The molecule has 1 amide bonds. The molecule has 154 valence electrons. The Labute approximate surface area is 181 Å². The van der Waals surface area contributed by atoms with Crippen LogP contribution in [0, 0.1) is 0 Å². The molecule has 3 aromatic rings. The first kappa shape index (κ1) is 19.3. The van der Waals surface area contributed by atoms with Crippen LogP contribution in [0.4, 0.5) is 0 Å². The van der Waals surface area contributed by atoms with Gasteiger partial charge in [-0.15, -0.1) is 0 Å². The van der Waals surface area contributed by atoms with E-state index in [-0.39, 0.29) is 23.2 Å². The number of carbonyl (C=O) groups excluding carboxylic acids is 1. The molecule has 1 fully saturated rings. The van der Waals surface area contributed by atoms with E-state index in [0.29, 0.717) is 35.4 Å². The Hall–Kier alpha value is -2.64. The highest BCUT2D eigenvalue weighted by Gasteiger charge is 2.44. The lowest BCUT2D eigenvalue weighted by Gasteiger charge is -2.27. The van der Waals surface area contributed by atoms with E-state index < -0.39 is 6.04 Å². The minimum absolute atomic E-state index is 0.0463. The van der Waals surface area contributed by atoms with Crippen molar-refractivity contribution in [2.45, 2.75) is 25.0 Å². The number of fused-ring (bicyclic) bond motifs is 2. The van der Waals surface area contributed by atoms with Crippen molar-refractivity contribution in [2.75, 3.05) is 20.3 Å². The maximum absolute atomic E-state index is 13.5. The van der Waals surface area contributed by atoms with E-state index in [1.807, 2.05) is 24.3 Å². The van der Waals surface area contributed by atoms with Crippen molar-refractivity contribution < 1.29 is 18.7 Å². The number of hydrogen-bond donors (Lipinski definition) is 0. The maximum atomic E-state index is 13.5. The van der Waals surface area contributed by atoms with Crippen LogP contribution in [-0.2, 0) is 4.74 Å². The third-order valence-electron chi connectivity index (χ3n) is 5.76. The minimum Gasteiger partial charge on any atom is -0.497 e. The number of methoxy groups -OCH3 is 1. The Bertz CT molecular complexity index is 1200. The van der Waals surface area contributed by atoms with Crippen molar-refractivity contribution in [3.05, 3.63) is 74.0 Å². The Kier molecular flexibility index (Phi) is 4.87. The monoisotopic (exact) mass is 469 g/mol. The van der Waals surface area contributed by atoms with Gasteiger partial charge in [0.05, 0.1) is 30.2 Å². The average molecular weight is 470 g/mol. The first-order valence-electron chi connectivity index (χ1n) is 9.89. The van der Waals surface area contributed by atoms with Gasteiger partial charge >= 0.3 is 0 Å². The molecular formula is C23H20BrNO5. The van der Waals surface area contributed by atoms with Gasteiger partial charge in [0.1, 0.15) is 11.3 Å². The van der Waals surface area contributed by atoms with Crippen LogP contribution in [-0.4, -0.2) is 37.2 Å². The van der Waals surface area contributed by atoms with Crippen molar-refractivity contribution >= 4 is 32.8 Å². The number of halogens is 1. The van der Waals surface area contributed by atoms with Gasteiger partial charge < -0.3 is 18.8 Å². The Morgan fingerprint density at radius 1 is 1.20 bits per heavy atom. The second-order valence-electron chi connectivity index (χ2n) is 7.59. The molecule has 0 N–H and O–H groups in total. The van der Waals surface area contributed by atoms with Crippen LogP contribution < -0.4 is 10.2 Å². The summed E-state index contributed by atoms with van der Waals surface area (Å²) in [6.07, 6.45) is 1.81. The highest BCUT2D eigenvalue weighted by Crippen LogP contribution is 2.40. The number of carbonyl (C=O) groups is 1. The standard InChI is InChI=1S/C23H20BrNO5/c1-28-15-5-2-4-13(10-15)20-19-21(26)17-11-14(24)7-8-18(17)30-22(19)23(27)25(20)12-16-6-3-9-29-16/h2,4-5,7-8,10-11,16,20H,3,6,9,12H2,1H3/t16-,20-/m0/s1. The molecule has 0 radical (unpaired) electrons. The van der Waals surface area contributed by atoms with E-state index in [9.17, 15) is 9.59 Å². The first-order valence-corrected chi connectivity index (χ1v) is 10.7. The van der Waals surface area contributed by atoms with Crippen molar-refractivity contribution in [3.8, 4) is 5.75 Å². The van der Waals surface area contributed by atoms with E-state index >= 15 is 0 Å². The molecule has 0 bridgehead atoms. The van der Waals surface area contributed by atoms with Gasteiger partial charge in [0.25, 0.3) is 5.91 Å². The van der Waals surface area contributed by atoms with Gasteiger partial charge in [0.2, 0.25) is 5.76 Å². The summed E-state index contributed by atoms with van der Waals surface area (Å²) in [5, 5.41) is 0.447.